The Morgan fingerprint density at radius 2 is 1.82 bits per heavy atom. The third-order valence-corrected chi connectivity index (χ3v) is 8.08. The second-order valence-electron chi connectivity index (χ2n) is 6.15. The summed E-state index contributed by atoms with van der Waals surface area (Å²) in [5.41, 5.74) is 0.228. The van der Waals surface area contributed by atoms with Gasteiger partial charge in [0.15, 0.2) is 0 Å². The van der Waals surface area contributed by atoms with Gasteiger partial charge in [0, 0.05) is 38.4 Å². The summed E-state index contributed by atoms with van der Waals surface area (Å²) >= 11 is 7.00. The Morgan fingerprint density at radius 1 is 1.04 bits per heavy atom. The van der Waals surface area contributed by atoms with Crippen molar-refractivity contribution in [3.63, 3.8) is 0 Å². The Labute approximate surface area is 170 Å². The number of hydrogen-bond donors (Lipinski definition) is 1. The molecule has 1 aliphatic rings. The van der Waals surface area contributed by atoms with Gasteiger partial charge in [0.05, 0.1) is 9.90 Å². The molecule has 0 aliphatic carbocycles. The van der Waals surface area contributed by atoms with Crippen molar-refractivity contribution in [1.29, 1.82) is 0 Å². The summed E-state index contributed by atoms with van der Waals surface area (Å²) in [5.74, 6) is 0.781. The van der Waals surface area contributed by atoms with Crippen molar-refractivity contribution in [3.8, 4) is 10.6 Å². The van der Waals surface area contributed by atoms with Crippen LogP contribution in [0.5, 0.6) is 0 Å². The highest BCUT2D eigenvalue weighted by atomic mass is 35.5. The summed E-state index contributed by atoms with van der Waals surface area (Å²) in [7, 11) is -3.59. The lowest BCUT2D eigenvalue weighted by Gasteiger charge is -2.34. The quantitative estimate of drug-likeness (QED) is 0.670. The molecule has 0 spiro atoms. The molecule has 3 aromatic rings. The van der Waals surface area contributed by atoms with Gasteiger partial charge in [-0.3, -0.25) is 4.79 Å². The maximum absolute atomic E-state index is 13.0. The first kappa shape index (κ1) is 19.1. The highest BCUT2D eigenvalue weighted by Crippen LogP contribution is 2.31. The molecule has 3 aromatic heterocycles. The van der Waals surface area contributed by atoms with Crippen LogP contribution in [0.2, 0.25) is 5.02 Å². The molecule has 146 valence electrons. The minimum atomic E-state index is -3.59. The van der Waals surface area contributed by atoms with Gasteiger partial charge in [-0.05, 0) is 30.3 Å². The Hall–Kier alpha value is -2.27. The van der Waals surface area contributed by atoms with Crippen LogP contribution in [0.1, 0.15) is 0 Å². The SMILES string of the molecule is O=c1ccc(-c2ccc(S(=O)(=O)N3CCN(c4ccc(Cl)cn4)CC3)s2)n[nH]1. The summed E-state index contributed by atoms with van der Waals surface area (Å²) in [6.45, 7) is 1.84. The fraction of sp³-hybridized carbons (Fsp3) is 0.235. The highest BCUT2D eigenvalue weighted by Gasteiger charge is 2.30. The summed E-state index contributed by atoms with van der Waals surface area (Å²) in [4.78, 5) is 18.1. The number of aromatic amines is 1. The van der Waals surface area contributed by atoms with Crippen LogP contribution in [0.15, 0.2) is 51.6 Å². The topological polar surface area (TPSA) is 99.3 Å². The van der Waals surface area contributed by atoms with Gasteiger partial charge in [0.2, 0.25) is 0 Å². The molecule has 8 nitrogen and oxygen atoms in total. The molecule has 0 saturated carbocycles. The Morgan fingerprint density at radius 3 is 2.46 bits per heavy atom. The number of nitrogens with one attached hydrogen (secondary N) is 1. The van der Waals surface area contributed by atoms with E-state index >= 15 is 0 Å². The van der Waals surface area contributed by atoms with E-state index in [1.807, 2.05) is 11.0 Å². The van der Waals surface area contributed by atoms with Crippen molar-refractivity contribution in [2.24, 2.45) is 0 Å². The molecule has 11 heteroatoms. The molecule has 4 rings (SSSR count). The molecule has 0 unspecified atom stereocenters. The molecule has 0 bridgehead atoms. The molecule has 1 aliphatic heterocycles. The lowest BCUT2D eigenvalue weighted by molar-refractivity contribution is 0.385. The van der Waals surface area contributed by atoms with E-state index in [4.69, 9.17) is 11.6 Å². The Kier molecular flexibility index (Phi) is 5.19. The predicted molar refractivity (Wildman–Crippen MR) is 108 cm³/mol. The number of halogens is 1. The molecule has 1 fully saturated rings. The van der Waals surface area contributed by atoms with E-state index in [1.54, 1.807) is 30.5 Å². The van der Waals surface area contributed by atoms with Gasteiger partial charge in [-0.1, -0.05) is 11.6 Å². The number of thiophene rings is 1. The average molecular weight is 438 g/mol. The van der Waals surface area contributed by atoms with Crippen molar-refractivity contribution >= 4 is 38.8 Å². The van der Waals surface area contributed by atoms with Crippen molar-refractivity contribution in [3.05, 3.63) is 58.0 Å². The van der Waals surface area contributed by atoms with E-state index in [-0.39, 0.29) is 9.77 Å². The molecule has 1 saturated heterocycles. The number of aromatic nitrogens is 3. The molecule has 1 N–H and O–H groups in total. The van der Waals surface area contributed by atoms with Gasteiger partial charge in [-0.15, -0.1) is 11.3 Å². The van der Waals surface area contributed by atoms with Gasteiger partial charge in [-0.25, -0.2) is 18.5 Å². The first-order valence-corrected chi connectivity index (χ1v) is 11.1. The first-order chi connectivity index (χ1) is 13.4. The van der Waals surface area contributed by atoms with E-state index in [0.29, 0.717) is 41.8 Å². The van der Waals surface area contributed by atoms with Crippen LogP contribution in [0.4, 0.5) is 5.82 Å². The van der Waals surface area contributed by atoms with E-state index in [2.05, 4.69) is 15.2 Å². The first-order valence-electron chi connectivity index (χ1n) is 8.46. The van der Waals surface area contributed by atoms with Gasteiger partial charge >= 0.3 is 0 Å². The minimum Gasteiger partial charge on any atom is -0.354 e. The van der Waals surface area contributed by atoms with Crippen LogP contribution in [-0.4, -0.2) is 54.1 Å². The van der Waals surface area contributed by atoms with Crippen LogP contribution in [0.3, 0.4) is 0 Å². The number of anilines is 1. The number of piperazine rings is 1. The summed E-state index contributed by atoms with van der Waals surface area (Å²) < 4.78 is 27.7. The maximum Gasteiger partial charge on any atom is 0.264 e. The molecule has 0 radical (unpaired) electrons. The van der Waals surface area contributed by atoms with Crippen molar-refractivity contribution < 1.29 is 8.42 Å². The molecular weight excluding hydrogens is 422 g/mol. The predicted octanol–water partition coefficient (Wildman–Crippen LogP) is 2.06. The third kappa shape index (κ3) is 3.81. The second-order valence-corrected chi connectivity index (χ2v) is 9.84. The molecule has 0 amide bonds. The molecule has 0 aromatic carbocycles. The van der Waals surface area contributed by atoms with Crippen LogP contribution < -0.4 is 10.5 Å². The van der Waals surface area contributed by atoms with Crippen LogP contribution in [0, 0.1) is 0 Å². The minimum absolute atomic E-state index is 0.258. The van der Waals surface area contributed by atoms with Crippen LogP contribution in [0.25, 0.3) is 10.6 Å². The molecule has 28 heavy (non-hydrogen) atoms. The monoisotopic (exact) mass is 437 g/mol. The molecule has 0 atom stereocenters. The summed E-state index contributed by atoms with van der Waals surface area (Å²) in [6, 6.07) is 9.81. The zero-order valence-corrected chi connectivity index (χ0v) is 17.0. The van der Waals surface area contributed by atoms with E-state index in [0.717, 1.165) is 17.2 Å². The van der Waals surface area contributed by atoms with Crippen LogP contribution in [-0.2, 0) is 10.0 Å². The number of hydrogen-bond acceptors (Lipinski definition) is 7. The molecular formula is C17H16ClN5O3S2. The van der Waals surface area contributed by atoms with Crippen LogP contribution >= 0.6 is 22.9 Å². The summed E-state index contributed by atoms with van der Waals surface area (Å²) in [5, 5.41) is 6.87. The Bertz CT molecular complexity index is 1120. The second kappa shape index (κ2) is 7.63. The maximum atomic E-state index is 13.0. The number of nitrogens with zero attached hydrogens (tertiary/aromatic N) is 4. The van der Waals surface area contributed by atoms with Gasteiger partial charge in [0.1, 0.15) is 15.7 Å². The van der Waals surface area contributed by atoms with E-state index in [1.165, 1.54) is 10.4 Å². The van der Waals surface area contributed by atoms with Gasteiger partial charge in [0.25, 0.3) is 15.6 Å². The fourth-order valence-electron chi connectivity index (χ4n) is 2.92. The fourth-order valence-corrected chi connectivity index (χ4v) is 5.88. The van der Waals surface area contributed by atoms with Crippen molar-refractivity contribution in [2.45, 2.75) is 4.21 Å². The Balaban J connectivity index is 1.48. The van der Waals surface area contributed by atoms with Gasteiger partial charge < -0.3 is 4.90 Å². The zero-order valence-electron chi connectivity index (χ0n) is 14.6. The number of pyridine rings is 1. The highest BCUT2D eigenvalue weighted by molar-refractivity contribution is 7.91. The normalized spacial score (nSPS) is 15.7. The van der Waals surface area contributed by atoms with Crippen molar-refractivity contribution in [1.82, 2.24) is 19.5 Å². The van der Waals surface area contributed by atoms with E-state index in [9.17, 15) is 13.2 Å². The lowest BCUT2D eigenvalue weighted by Crippen LogP contribution is -2.48. The molecule has 4 heterocycles. The van der Waals surface area contributed by atoms with Gasteiger partial charge in [-0.2, -0.15) is 9.40 Å². The van der Waals surface area contributed by atoms with Crippen molar-refractivity contribution in [2.75, 3.05) is 31.1 Å². The number of H-pyrrole nitrogens is 1. The number of sulfonamides is 1. The van der Waals surface area contributed by atoms with E-state index < -0.39 is 10.0 Å². The lowest BCUT2D eigenvalue weighted by atomic mass is 10.3. The number of rotatable bonds is 4. The zero-order chi connectivity index (χ0) is 19.7. The summed E-state index contributed by atoms with van der Waals surface area (Å²) in [6.07, 6.45) is 1.58. The average Bonchev–Trinajstić information content (AvgIpc) is 3.20. The largest absolute Gasteiger partial charge is 0.354 e. The smallest absolute Gasteiger partial charge is 0.264 e. The third-order valence-electron chi connectivity index (χ3n) is 4.38. The standard InChI is InChI=1S/C17H16ClN5O3S2/c18-12-1-4-15(19-11-12)22-7-9-23(10-8-22)28(25,26)17-6-3-14(27-17)13-2-5-16(24)21-20-13/h1-6,11H,7-10H2,(H,21,24).